The molecule has 0 radical (unpaired) electrons. The lowest BCUT2D eigenvalue weighted by molar-refractivity contribution is 0.0601. The van der Waals surface area contributed by atoms with Crippen molar-refractivity contribution in [2.24, 2.45) is 0 Å². The topological polar surface area (TPSA) is 62.9 Å². The molecule has 0 fully saturated rings. The summed E-state index contributed by atoms with van der Waals surface area (Å²) in [7, 11) is 0. The zero-order valence-corrected chi connectivity index (χ0v) is 17.5. The Balaban J connectivity index is 1.63. The average molecular weight is 408 g/mol. The number of benzene rings is 2. The third-order valence-corrected chi connectivity index (χ3v) is 4.96. The minimum Gasteiger partial charge on any atom is -0.490 e. The Labute approximate surface area is 177 Å². The lowest BCUT2D eigenvalue weighted by Gasteiger charge is -2.25. The molecule has 2 aromatic carbocycles. The summed E-state index contributed by atoms with van der Waals surface area (Å²) in [6.45, 7) is 6.14. The Kier molecular flexibility index (Phi) is 7.82. The van der Waals surface area contributed by atoms with E-state index in [1.165, 1.54) is 11.1 Å². The van der Waals surface area contributed by atoms with Crippen LogP contribution in [0.25, 0.3) is 0 Å². The number of aliphatic hydroxyl groups excluding tert-OH is 1. The van der Waals surface area contributed by atoms with E-state index in [1.54, 1.807) is 30.5 Å². The molecule has 0 aliphatic rings. The van der Waals surface area contributed by atoms with E-state index in [9.17, 15) is 9.90 Å². The van der Waals surface area contributed by atoms with Crippen LogP contribution in [0.2, 0.25) is 0 Å². The highest BCUT2D eigenvalue weighted by molar-refractivity contribution is 5.79. The average Bonchev–Trinajstić information content (AvgIpc) is 3.26. The lowest BCUT2D eigenvalue weighted by Crippen LogP contribution is -2.35. The van der Waals surface area contributed by atoms with E-state index in [0.717, 1.165) is 12.0 Å². The summed E-state index contributed by atoms with van der Waals surface area (Å²) < 4.78 is 11.2. The lowest BCUT2D eigenvalue weighted by atomic mass is 10.0. The van der Waals surface area contributed by atoms with E-state index in [0.29, 0.717) is 36.9 Å². The van der Waals surface area contributed by atoms with Gasteiger partial charge in [0.05, 0.1) is 18.4 Å². The van der Waals surface area contributed by atoms with Gasteiger partial charge in [0.15, 0.2) is 6.29 Å². The molecule has 3 aromatic rings. The molecule has 3 rings (SSSR count). The first kappa shape index (κ1) is 21.8. The van der Waals surface area contributed by atoms with Crippen molar-refractivity contribution in [3.8, 4) is 5.75 Å². The molecule has 0 saturated heterocycles. The van der Waals surface area contributed by atoms with E-state index in [1.807, 2.05) is 12.1 Å². The molecule has 1 unspecified atom stereocenters. The van der Waals surface area contributed by atoms with Gasteiger partial charge in [-0.1, -0.05) is 50.2 Å². The molecule has 0 amide bonds. The second kappa shape index (κ2) is 10.8. The van der Waals surface area contributed by atoms with Gasteiger partial charge in [0, 0.05) is 13.1 Å². The number of aliphatic hydroxyl groups is 1. The molecular formula is C25H29NO4. The third-order valence-electron chi connectivity index (χ3n) is 4.96. The first-order valence-corrected chi connectivity index (χ1v) is 10.2. The highest BCUT2D eigenvalue weighted by atomic mass is 16.5. The fourth-order valence-electron chi connectivity index (χ4n) is 3.32. The maximum absolute atomic E-state index is 11.1. The fourth-order valence-corrected chi connectivity index (χ4v) is 3.32. The summed E-state index contributed by atoms with van der Waals surface area (Å²) in [5, 5.41) is 10.6. The number of carbonyl (C=O) groups excluding carboxylic acids is 1. The third kappa shape index (κ3) is 6.31. The highest BCUT2D eigenvalue weighted by Crippen LogP contribution is 2.18. The number of hydrogen-bond donors (Lipinski definition) is 1. The van der Waals surface area contributed by atoms with Crippen LogP contribution in [0.1, 0.15) is 47.0 Å². The summed E-state index contributed by atoms with van der Waals surface area (Å²) in [5.41, 5.74) is 2.95. The zero-order valence-electron chi connectivity index (χ0n) is 17.5. The molecule has 0 bridgehead atoms. The molecule has 158 valence electrons. The highest BCUT2D eigenvalue weighted by Gasteiger charge is 2.16. The van der Waals surface area contributed by atoms with Gasteiger partial charge in [-0.15, -0.1) is 0 Å². The van der Waals surface area contributed by atoms with Crippen molar-refractivity contribution in [2.75, 3.05) is 13.2 Å². The first-order valence-electron chi connectivity index (χ1n) is 10.2. The number of para-hydroxylation sites is 1. The van der Waals surface area contributed by atoms with Crippen molar-refractivity contribution in [2.45, 2.75) is 39.0 Å². The van der Waals surface area contributed by atoms with Crippen molar-refractivity contribution in [1.29, 1.82) is 0 Å². The summed E-state index contributed by atoms with van der Waals surface area (Å²) in [5.74, 6) is 1.81. The predicted octanol–water partition coefficient (Wildman–Crippen LogP) is 4.66. The van der Waals surface area contributed by atoms with Crippen molar-refractivity contribution < 1.29 is 19.1 Å². The van der Waals surface area contributed by atoms with Crippen LogP contribution in [0.5, 0.6) is 5.75 Å². The number of furan rings is 1. The SMILES string of the molecule is CC(C)c1ccc(CN(Cc2ccco2)CC(O)COc2ccccc2C=O)cc1. The van der Waals surface area contributed by atoms with Crippen molar-refractivity contribution in [3.63, 3.8) is 0 Å². The van der Waals surface area contributed by atoms with E-state index < -0.39 is 6.10 Å². The van der Waals surface area contributed by atoms with Crippen molar-refractivity contribution >= 4 is 6.29 Å². The van der Waals surface area contributed by atoms with Gasteiger partial charge in [-0.3, -0.25) is 9.69 Å². The number of carbonyl (C=O) groups is 1. The molecule has 30 heavy (non-hydrogen) atoms. The first-order chi connectivity index (χ1) is 14.5. The van der Waals surface area contributed by atoms with E-state index in [4.69, 9.17) is 9.15 Å². The quantitative estimate of drug-likeness (QED) is 0.469. The van der Waals surface area contributed by atoms with Gasteiger partial charge < -0.3 is 14.3 Å². The molecule has 5 heteroatoms. The second-order valence-corrected chi connectivity index (χ2v) is 7.77. The number of hydrogen-bond acceptors (Lipinski definition) is 5. The second-order valence-electron chi connectivity index (χ2n) is 7.77. The smallest absolute Gasteiger partial charge is 0.153 e. The molecule has 0 saturated carbocycles. The molecular weight excluding hydrogens is 378 g/mol. The molecule has 0 aliphatic heterocycles. The van der Waals surface area contributed by atoms with Crippen molar-refractivity contribution in [1.82, 2.24) is 4.90 Å². The molecule has 5 nitrogen and oxygen atoms in total. The van der Waals surface area contributed by atoms with Crippen LogP contribution in [0.15, 0.2) is 71.3 Å². The maximum atomic E-state index is 11.1. The Hall–Kier alpha value is -2.89. The summed E-state index contributed by atoms with van der Waals surface area (Å²) in [6.07, 6.45) is 1.70. The standard InChI is InChI=1S/C25H29NO4/c1-19(2)21-11-9-20(10-12-21)14-26(16-24-7-5-13-29-24)15-23(28)18-30-25-8-4-3-6-22(25)17-27/h3-13,17,19,23,28H,14-16,18H2,1-2H3. The van der Waals surface area contributed by atoms with Gasteiger partial charge in [-0.2, -0.15) is 0 Å². The summed E-state index contributed by atoms with van der Waals surface area (Å²) in [4.78, 5) is 13.3. The Morgan fingerprint density at radius 2 is 1.80 bits per heavy atom. The normalized spacial score (nSPS) is 12.3. The number of ether oxygens (including phenoxy) is 1. The van der Waals surface area contributed by atoms with Crippen LogP contribution in [-0.2, 0) is 13.1 Å². The molecule has 0 spiro atoms. The maximum Gasteiger partial charge on any atom is 0.153 e. The number of nitrogens with zero attached hydrogens (tertiary/aromatic N) is 1. The van der Waals surface area contributed by atoms with Crippen LogP contribution in [0.3, 0.4) is 0 Å². The van der Waals surface area contributed by atoms with E-state index in [-0.39, 0.29) is 6.61 Å². The van der Waals surface area contributed by atoms with Gasteiger partial charge in [0.2, 0.25) is 0 Å². The van der Waals surface area contributed by atoms with Crippen LogP contribution in [0, 0.1) is 0 Å². The molecule has 1 atom stereocenters. The van der Waals surface area contributed by atoms with Gasteiger partial charge in [-0.05, 0) is 41.3 Å². The monoisotopic (exact) mass is 407 g/mol. The molecule has 1 aromatic heterocycles. The van der Waals surface area contributed by atoms with Crippen LogP contribution >= 0.6 is 0 Å². The Morgan fingerprint density at radius 3 is 2.47 bits per heavy atom. The minimum absolute atomic E-state index is 0.103. The van der Waals surface area contributed by atoms with Gasteiger partial charge in [0.25, 0.3) is 0 Å². The Bertz CT molecular complexity index is 903. The molecule has 1 heterocycles. The van der Waals surface area contributed by atoms with Gasteiger partial charge in [0.1, 0.15) is 24.2 Å². The molecule has 0 aliphatic carbocycles. The van der Waals surface area contributed by atoms with Crippen LogP contribution in [0.4, 0.5) is 0 Å². The number of rotatable bonds is 11. The summed E-state index contributed by atoms with van der Waals surface area (Å²) in [6, 6.07) is 19.4. The van der Waals surface area contributed by atoms with Gasteiger partial charge in [-0.25, -0.2) is 0 Å². The van der Waals surface area contributed by atoms with E-state index in [2.05, 4.69) is 43.0 Å². The minimum atomic E-state index is -0.713. The van der Waals surface area contributed by atoms with E-state index >= 15 is 0 Å². The zero-order chi connectivity index (χ0) is 21.3. The van der Waals surface area contributed by atoms with Crippen molar-refractivity contribution in [3.05, 3.63) is 89.4 Å². The largest absolute Gasteiger partial charge is 0.490 e. The van der Waals surface area contributed by atoms with Crippen LogP contribution < -0.4 is 4.74 Å². The predicted molar refractivity (Wildman–Crippen MR) is 117 cm³/mol. The Morgan fingerprint density at radius 1 is 1.03 bits per heavy atom. The van der Waals surface area contributed by atoms with Gasteiger partial charge >= 0.3 is 0 Å². The fraction of sp³-hybridized carbons (Fsp3) is 0.320. The summed E-state index contributed by atoms with van der Waals surface area (Å²) >= 11 is 0. The molecule has 1 N–H and O–H groups in total. The van der Waals surface area contributed by atoms with Crippen LogP contribution in [-0.4, -0.2) is 35.5 Å². The number of aldehydes is 1.